The largest absolute Gasteiger partial charge is 0.353 e. The van der Waals surface area contributed by atoms with Crippen molar-refractivity contribution >= 4 is 11.8 Å². The minimum Gasteiger partial charge on any atom is -0.353 e. The molecule has 1 aromatic carbocycles. The molecule has 1 aliphatic rings. The third-order valence-electron chi connectivity index (χ3n) is 3.83. The van der Waals surface area contributed by atoms with Gasteiger partial charge in [-0.25, -0.2) is 5.84 Å². The van der Waals surface area contributed by atoms with Gasteiger partial charge in [0.05, 0.1) is 12.5 Å². The summed E-state index contributed by atoms with van der Waals surface area (Å²) >= 11 is 0. The van der Waals surface area contributed by atoms with Crippen molar-refractivity contribution in [3.63, 3.8) is 0 Å². The lowest BCUT2D eigenvalue weighted by Gasteiger charge is -2.34. The van der Waals surface area contributed by atoms with Crippen LogP contribution in [0.1, 0.15) is 24.5 Å². The minimum atomic E-state index is -0.217. The van der Waals surface area contributed by atoms with Crippen LogP contribution >= 0.6 is 0 Å². The van der Waals surface area contributed by atoms with Crippen LogP contribution in [0.2, 0.25) is 0 Å². The molecule has 1 unspecified atom stereocenters. The molecule has 114 valence electrons. The zero-order valence-corrected chi connectivity index (χ0v) is 12.3. The van der Waals surface area contributed by atoms with Gasteiger partial charge in [0.25, 0.3) is 0 Å². The average molecular weight is 290 g/mol. The number of benzene rings is 1. The summed E-state index contributed by atoms with van der Waals surface area (Å²) in [5, 5.41) is 2.89. The molecule has 2 amide bonds. The lowest BCUT2D eigenvalue weighted by Crippen LogP contribution is -2.54. The van der Waals surface area contributed by atoms with Gasteiger partial charge in [0.2, 0.25) is 11.8 Å². The third-order valence-corrected chi connectivity index (χ3v) is 3.83. The highest BCUT2D eigenvalue weighted by Gasteiger charge is 2.28. The molecular formula is C15H22N4O2. The number of nitrogens with one attached hydrogen (secondary N) is 2. The van der Waals surface area contributed by atoms with Crippen molar-refractivity contribution in [2.24, 2.45) is 5.84 Å². The number of nitrogens with two attached hydrogens (primary N) is 1. The molecule has 6 heteroatoms. The van der Waals surface area contributed by atoms with Crippen molar-refractivity contribution in [3.8, 4) is 0 Å². The third kappa shape index (κ3) is 3.80. The van der Waals surface area contributed by atoms with Crippen molar-refractivity contribution in [1.29, 1.82) is 0 Å². The fraction of sp³-hybridized carbons (Fsp3) is 0.467. The number of piperazine rings is 1. The fourth-order valence-corrected chi connectivity index (χ4v) is 2.72. The van der Waals surface area contributed by atoms with Gasteiger partial charge in [0.15, 0.2) is 0 Å². The van der Waals surface area contributed by atoms with E-state index in [0.717, 1.165) is 24.1 Å². The van der Waals surface area contributed by atoms with E-state index in [-0.39, 0.29) is 24.3 Å². The molecule has 1 atom stereocenters. The summed E-state index contributed by atoms with van der Waals surface area (Å²) in [6, 6.07) is 7.68. The van der Waals surface area contributed by atoms with Crippen molar-refractivity contribution in [1.82, 2.24) is 15.6 Å². The van der Waals surface area contributed by atoms with Crippen molar-refractivity contribution in [3.05, 3.63) is 35.4 Å². The first-order valence-electron chi connectivity index (χ1n) is 7.23. The monoisotopic (exact) mass is 290 g/mol. The summed E-state index contributed by atoms with van der Waals surface area (Å²) in [5.74, 6) is 5.02. The Morgan fingerprint density at radius 1 is 1.43 bits per heavy atom. The van der Waals surface area contributed by atoms with Gasteiger partial charge in [-0.1, -0.05) is 31.2 Å². The Morgan fingerprint density at radius 3 is 2.81 bits per heavy atom. The lowest BCUT2D eigenvalue weighted by molar-refractivity contribution is -0.129. The maximum absolute atomic E-state index is 11.9. The van der Waals surface area contributed by atoms with Gasteiger partial charge in [0, 0.05) is 19.6 Å². The summed E-state index contributed by atoms with van der Waals surface area (Å²) < 4.78 is 0. The van der Waals surface area contributed by atoms with Crippen LogP contribution in [0.3, 0.4) is 0 Å². The Balaban J connectivity index is 2.14. The maximum Gasteiger partial charge on any atom is 0.238 e. The first-order chi connectivity index (χ1) is 10.2. The van der Waals surface area contributed by atoms with Crippen LogP contribution in [0.25, 0.3) is 0 Å². The molecule has 4 N–H and O–H groups in total. The molecule has 1 aromatic rings. The Kier molecular flexibility index (Phi) is 5.30. The number of carbonyl (C=O) groups is 2. The van der Waals surface area contributed by atoms with E-state index in [4.69, 9.17) is 5.84 Å². The molecule has 0 aliphatic carbocycles. The predicted molar refractivity (Wildman–Crippen MR) is 80.0 cm³/mol. The second-order valence-electron chi connectivity index (χ2n) is 5.20. The molecule has 6 nitrogen and oxygen atoms in total. The summed E-state index contributed by atoms with van der Waals surface area (Å²) in [7, 11) is 0. The number of nitrogens with zero attached hydrogens (tertiary/aromatic N) is 1. The molecule has 1 heterocycles. The summed E-state index contributed by atoms with van der Waals surface area (Å²) in [6.07, 6.45) is 1.03. The van der Waals surface area contributed by atoms with Crippen LogP contribution in [0, 0.1) is 0 Å². The van der Waals surface area contributed by atoms with Gasteiger partial charge in [0.1, 0.15) is 0 Å². The van der Waals surface area contributed by atoms with E-state index in [0.29, 0.717) is 13.1 Å². The number of hydrogen-bond donors (Lipinski definition) is 3. The standard InChI is InChI=1S/C15H22N4O2/c1-2-13-15(21)17-7-8-19(13)10-12-6-4-3-5-11(12)9-14(20)18-16/h3-6,13H,2,7-10,16H2,1H3,(H,17,21)(H,18,20). The molecular weight excluding hydrogens is 268 g/mol. The van der Waals surface area contributed by atoms with Gasteiger partial charge in [-0.15, -0.1) is 0 Å². The van der Waals surface area contributed by atoms with Crippen LogP contribution in [0.5, 0.6) is 0 Å². The van der Waals surface area contributed by atoms with Crippen LogP contribution in [0.4, 0.5) is 0 Å². The van der Waals surface area contributed by atoms with Crippen LogP contribution in [-0.2, 0) is 22.6 Å². The van der Waals surface area contributed by atoms with Gasteiger partial charge < -0.3 is 5.32 Å². The quantitative estimate of drug-likeness (QED) is 0.402. The molecule has 1 fully saturated rings. The Morgan fingerprint density at radius 2 is 2.14 bits per heavy atom. The van der Waals surface area contributed by atoms with E-state index in [1.54, 1.807) is 0 Å². The molecule has 0 aromatic heterocycles. The topological polar surface area (TPSA) is 87.5 Å². The highest BCUT2D eigenvalue weighted by atomic mass is 16.2. The van der Waals surface area contributed by atoms with E-state index in [1.165, 1.54) is 0 Å². The number of hydrogen-bond acceptors (Lipinski definition) is 4. The predicted octanol–water partition coefficient (Wildman–Crippen LogP) is -0.0706. The van der Waals surface area contributed by atoms with Crippen molar-refractivity contribution < 1.29 is 9.59 Å². The molecule has 2 rings (SSSR count). The van der Waals surface area contributed by atoms with Crippen LogP contribution in [0.15, 0.2) is 24.3 Å². The smallest absolute Gasteiger partial charge is 0.238 e. The first kappa shape index (κ1) is 15.5. The van der Waals surface area contributed by atoms with E-state index in [9.17, 15) is 9.59 Å². The fourth-order valence-electron chi connectivity index (χ4n) is 2.72. The molecule has 0 spiro atoms. The Hall–Kier alpha value is -1.92. The lowest BCUT2D eigenvalue weighted by atomic mass is 10.0. The number of carbonyl (C=O) groups excluding carboxylic acids is 2. The summed E-state index contributed by atoms with van der Waals surface area (Å²) in [6.45, 7) is 4.17. The summed E-state index contributed by atoms with van der Waals surface area (Å²) in [5.41, 5.74) is 4.16. The van der Waals surface area contributed by atoms with Gasteiger partial charge in [-0.2, -0.15) is 0 Å². The van der Waals surface area contributed by atoms with Gasteiger partial charge >= 0.3 is 0 Å². The van der Waals surface area contributed by atoms with E-state index in [1.807, 2.05) is 31.2 Å². The molecule has 1 saturated heterocycles. The van der Waals surface area contributed by atoms with Crippen molar-refractivity contribution in [2.75, 3.05) is 13.1 Å². The summed E-state index contributed by atoms with van der Waals surface area (Å²) in [4.78, 5) is 25.6. The van der Waals surface area contributed by atoms with Crippen LogP contribution < -0.4 is 16.6 Å². The number of rotatable bonds is 5. The second kappa shape index (κ2) is 7.19. The molecule has 0 saturated carbocycles. The number of hydrazine groups is 1. The first-order valence-corrected chi connectivity index (χ1v) is 7.23. The van der Waals surface area contributed by atoms with E-state index < -0.39 is 0 Å². The molecule has 1 aliphatic heterocycles. The van der Waals surface area contributed by atoms with E-state index in [2.05, 4.69) is 15.6 Å². The SMILES string of the molecule is CCC1C(=O)NCCN1Cc1ccccc1CC(=O)NN. The van der Waals surface area contributed by atoms with Gasteiger partial charge in [-0.05, 0) is 17.5 Å². The highest BCUT2D eigenvalue weighted by Crippen LogP contribution is 2.17. The average Bonchev–Trinajstić information content (AvgIpc) is 2.49. The Bertz CT molecular complexity index is 518. The van der Waals surface area contributed by atoms with E-state index >= 15 is 0 Å². The van der Waals surface area contributed by atoms with Gasteiger partial charge in [-0.3, -0.25) is 19.9 Å². The minimum absolute atomic E-state index is 0.0842. The zero-order chi connectivity index (χ0) is 15.2. The van der Waals surface area contributed by atoms with Crippen LogP contribution in [-0.4, -0.2) is 35.8 Å². The highest BCUT2D eigenvalue weighted by molar-refractivity contribution is 5.82. The van der Waals surface area contributed by atoms with Crippen molar-refractivity contribution in [2.45, 2.75) is 32.4 Å². The molecule has 0 bridgehead atoms. The zero-order valence-electron chi connectivity index (χ0n) is 12.3. The molecule has 0 radical (unpaired) electrons. The molecule has 21 heavy (non-hydrogen) atoms. The Labute approximate surface area is 124 Å². The second-order valence-corrected chi connectivity index (χ2v) is 5.20. The number of amides is 2. The maximum atomic E-state index is 11.9. The normalized spacial score (nSPS) is 19.1.